The Morgan fingerprint density at radius 2 is 1.96 bits per heavy atom. The molecule has 1 heterocycles. The molecule has 0 bridgehead atoms. The zero-order valence-corrected chi connectivity index (χ0v) is 14.6. The molecule has 4 nitrogen and oxygen atoms in total. The van der Waals surface area contributed by atoms with Crippen LogP contribution in [0.1, 0.15) is 49.4 Å². The summed E-state index contributed by atoms with van der Waals surface area (Å²) >= 11 is 0. The van der Waals surface area contributed by atoms with Crippen molar-refractivity contribution in [1.82, 2.24) is 15.2 Å². The highest BCUT2D eigenvalue weighted by molar-refractivity contribution is 5.75. The second-order valence-electron chi connectivity index (χ2n) is 7.27. The number of benzene rings is 1. The van der Waals surface area contributed by atoms with Crippen molar-refractivity contribution in [2.75, 3.05) is 6.54 Å². The first-order valence-electron chi connectivity index (χ1n) is 9.26. The van der Waals surface area contributed by atoms with Gasteiger partial charge in [-0.3, -0.25) is 4.98 Å². The van der Waals surface area contributed by atoms with Gasteiger partial charge in [0.2, 0.25) is 0 Å². The number of aromatic nitrogens is 1. The summed E-state index contributed by atoms with van der Waals surface area (Å²) in [6.45, 7) is 2.83. The maximum absolute atomic E-state index is 12.8. The molecule has 2 saturated carbocycles. The van der Waals surface area contributed by atoms with Crippen molar-refractivity contribution in [3.8, 4) is 0 Å². The molecule has 2 aliphatic rings. The number of urea groups is 1. The largest absolute Gasteiger partial charge is 0.338 e. The van der Waals surface area contributed by atoms with Crippen molar-refractivity contribution in [2.45, 2.75) is 44.2 Å². The van der Waals surface area contributed by atoms with E-state index in [-0.39, 0.29) is 12.1 Å². The van der Waals surface area contributed by atoms with E-state index in [1.807, 2.05) is 23.1 Å². The standard InChI is InChI=1S/C21H25N3O/c1-15(20-9-5-6-12-22-20)24(18-10-11-18)21(25)23-14-17-13-19(17)16-7-3-2-4-8-16/h2-9,12,15,17-19H,10-11,13-14H2,1H3,(H,23,25)/t15-,17+,19-/m1/s1. The average molecular weight is 335 g/mol. The van der Waals surface area contributed by atoms with Gasteiger partial charge in [0.1, 0.15) is 0 Å². The second kappa shape index (κ2) is 6.87. The highest BCUT2D eigenvalue weighted by Crippen LogP contribution is 2.46. The van der Waals surface area contributed by atoms with Crippen molar-refractivity contribution < 1.29 is 4.79 Å². The average Bonchev–Trinajstić information content (AvgIpc) is 3.56. The summed E-state index contributed by atoms with van der Waals surface area (Å²) in [7, 11) is 0. The van der Waals surface area contributed by atoms with Gasteiger partial charge in [0.05, 0.1) is 11.7 Å². The van der Waals surface area contributed by atoms with Crippen molar-refractivity contribution in [3.63, 3.8) is 0 Å². The molecule has 0 saturated heterocycles. The number of amides is 2. The van der Waals surface area contributed by atoms with E-state index in [1.165, 1.54) is 12.0 Å². The van der Waals surface area contributed by atoms with Gasteiger partial charge in [0.25, 0.3) is 0 Å². The number of nitrogens with one attached hydrogen (secondary N) is 1. The zero-order chi connectivity index (χ0) is 17.2. The first kappa shape index (κ1) is 16.1. The fourth-order valence-corrected chi connectivity index (χ4v) is 3.67. The molecule has 1 aromatic heterocycles. The van der Waals surface area contributed by atoms with Crippen LogP contribution in [0.25, 0.3) is 0 Å². The first-order chi connectivity index (χ1) is 12.2. The Balaban J connectivity index is 1.35. The van der Waals surface area contributed by atoms with Crippen LogP contribution in [0.5, 0.6) is 0 Å². The van der Waals surface area contributed by atoms with Gasteiger partial charge in [-0.05, 0) is 55.7 Å². The number of rotatable bonds is 6. The molecule has 1 N–H and O–H groups in total. The van der Waals surface area contributed by atoms with Crippen LogP contribution in [-0.4, -0.2) is 28.5 Å². The van der Waals surface area contributed by atoms with Crippen LogP contribution in [0.4, 0.5) is 4.79 Å². The third-order valence-corrected chi connectivity index (χ3v) is 5.37. The third kappa shape index (κ3) is 3.68. The van der Waals surface area contributed by atoms with Gasteiger partial charge in [0, 0.05) is 18.8 Å². The summed E-state index contributed by atoms with van der Waals surface area (Å²) in [6.07, 6.45) is 5.16. The minimum atomic E-state index is 0.0119. The monoisotopic (exact) mass is 335 g/mol. The Labute approximate surface area is 149 Å². The van der Waals surface area contributed by atoms with Gasteiger partial charge in [-0.1, -0.05) is 36.4 Å². The number of nitrogens with zero attached hydrogens (tertiary/aromatic N) is 2. The van der Waals surface area contributed by atoms with Crippen molar-refractivity contribution in [3.05, 3.63) is 66.0 Å². The maximum atomic E-state index is 12.8. The molecule has 0 spiro atoms. The van der Waals surface area contributed by atoms with Gasteiger partial charge in [-0.2, -0.15) is 0 Å². The topological polar surface area (TPSA) is 45.2 Å². The van der Waals surface area contributed by atoms with Gasteiger partial charge < -0.3 is 10.2 Å². The van der Waals surface area contributed by atoms with Gasteiger partial charge in [0.15, 0.2) is 0 Å². The Morgan fingerprint density at radius 1 is 1.20 bits per heavy atom. The van der Waals surface area contributed by atoms with Crippen LogP contribution < -0.4 is 5.32 Å². The predicted octanol–water partition coefficient (Wildman–Crippen LogP) is 4.12. The van der Waals surface area contributed by atoms with Gasteiger partial charge in [-0.15, -0.1) is 0 Å². The first-order valence-corrected chi connectivity index (χ1v) is 9.26. The smallest absolute Gasteiger partial charge is 0.318 e. The molecule has 4 heteroatoms. The summed E-state index contributed by atoms with van der Waals surface area (Å²) in [6, 6.07) is 16.9. The molecule has 25 heavy (non-hydrogen) atoms. The molecule has 1 aromatic carbocycles. The van der Waals surface area contributed by atoms with E-state index in [9.17, 15) is 4.79 Å². The molecule has 2 fully saturated rings. The Kier molecular flexibility index (Phi) is 4.43. The molecule has 4 rings (SSSR count). The molecule has 0 aliphatic heterocycles. The summed E-state index contributed by atoms with van der Waals surface area (Å²) in [4.78, 5) is 19.2. The van der Waals surface area contributed by atoms with Crippen molar-refractivity contribution in [2.24, 2.45) is 5.92 Å². The van der Waals surface area contributed by atoms with Crippen LogP contribution in [0, 0.1) is 5.92 Å². The number of hydrogen-bond acceptors (Lipinski definition) is 2. The number of hydrogen-bond donors (Lipinski definition) is 1. The fourth-order valence-electron chi connectivity index (χ4n) is 3.67. The van der Waals surface area contributed by atoms with E-state index in [0.29, 0.717) is 17.9 Å². The van der Waals surface area contributed by atoms with E-state index < -0.39 is 0 Å². The van der Waals surface area contributed by atoms with E-state index in [1.54, 1.807) is 6.20 Å². The third-order valence-electron chi connectivity index (χ3n) is 5.37. The lowest BCUT2D eigenvalue weighted by atomic mass is 10.1. The maximum Gasteiger partial charge on any atom is 0.318 e. The minimum Gasteiger partial charge on any atom is -0.338 e. The van der Waals surface area contributed by atoms with Crippen LogP contribution in [-0.2, 0) is 0 Å². The summed E-state index contributed by atoms with van der Waals surface area (Å²) in [5.74, 6) is 1.17. The van der Waals surface area contributed by atoms with Crippen molar-refractivity contribution in [1.29, 1.82) is 0 Å². The molecule has 0 unspecified atom stereocenters. The van der Waals surface area contributed by atoms with E-state index in [2.05, 4.69) is 47.6 Å². The van der Waals surface area contributed by atoms with Crippen LogP contribution in [0.2, 0.25) is 0 Å². The Morgan fingerprint density at radius 3 is 2.64 bits per heavy atom. The summed E-state index contributed by atoms with van der Waals surface area (Å²) in [5.41, 5.74) is 2.35. The second-order valence-corrected chi connectivity index (χ2v) is 7.27. The molecule has 2 aromatic rings. The number of pyridine rings is 1. The molecule has 130 valence electrons. The van der Waals surface area contributed by atoms with E-state index in [0.717, 1.165) is 25.1 Å². The highest BCUT2D eigenvalue weighted by Gasteiger charge is 2.40. The van der Waals surface area contributed by atoms with Gasteiger partial charge >= 0.3 is 6.03 Å². The highest BCUT2D eigenvalue weighted by atomic mass is 16.2. The Bertz CT molecular complexity index is 714. The SMILES string of the molecule is C[C@H](c1ccccn1)N(C(=O)NC[C@@H]1C[C@@H]1c1ccccc1)C1CC1. The van der Waals surface area contributed by atoms with Crippen LogP contribution in [0.15, 0.2) is 54.7 Å². The molecule has 0 radical (unpaired) electrons. The molecule has 3 atom stereocenters. The fraction of sp³-hybridized carbons (Fsp3) is 0.429. The van der Waals surface area contributed by atoms with Gasteiger partial charge in [-0.25, -0.2) is 4.79 Å². The van der Waals surface area contributed by atoms with Crippen molar-refractivity contribution >= 4 is 6.03 Å². The summed E-state index contributed by atoms with van der Waals surface area (Å²) in [5, 5.41) is 3.18. The summed E-state index contributed by atoms with van der Waals surface area (Å²) < 4.78 is 0. The van der Waals surface area contributed by atoms with E-state index >= 15 is 0 Å². The molecule has 2 amide bonds. The number of carbonyl (C=O) groups is 1. The van der Waals surface area contributed by atoms with E-state index in [4.69, 9.17) is 0 Å². The lowest BCUT2D eigenvalue weighted by Gasteiger charge is -2.29. The molecule has 2 aliphatic carbocycles. The zero-order valence-electron chi connectivity index (χ0n) is 14.6. The molecular weight excluding hydrogens is 310 g/mol. The predicted molar refractivity (Wildman–Crippen MR) is 98.2 cm³/mol. The Hall–Kier alpha value is -2.36. The lowest BCUT2D eigenvalue weighted by molar-refractivity contribution is 0.173. The number of carbonyl (C=O) groups excluding carboxylic acids is 1. The minimum absolute atomic E-state index is 0.0119. The molecular formula is C21H25N3O. The van der Waals surface area contributed by atoms with Crippen LogP contribution in [0.3, 0.4) is 0 Å². The van der Waals surface area contributed by atoms with Crippen LogP contribution >= 0.6 is 0 Å². The lowest BCUT2D eigenvalue weighted by Crippen LogP contribution is -2.43. The normalized spacial score (nSPS) is 22.9. The quantitative estimate of drug-likeness (QED) is 0.863.